The first kappa shape index (κ1) is 20.6. The predicted octanol–water partition coefficient (Wildman–Crippen LogP) is 3.20. The first-order chi connectivity index (χ1) is 13.7. The molecular weight excluding hydrogens is 360 g/mol. The fourth-order valence-corrected chi connectivity index (χ4v) is 5.33. The molecule has 0 radical (unpaired) electrons. The third kappa shape index (κ3) is 5.47. The van der Waals surface area contributed by atoms with Crippen molar-refractivity contribution in [3.05, 3.63) is 0 Å². The third-order valence-electron chi connectivity index (χ3n) is 7.22. The average Bonchev–Trinajstić information content (AvgIpc) is 2.69. The Morgan fingerprint density at radius 3 is 2.64 bits per heavy atom. The molecule has 7 atom stereocenters. The number of hydrogen-bond acceptors (Lipinski definition) is 6. The molecule has 6 heteroatoms. The van der Waals surface area contributed by atoms with Gasteiger partial charge in [0.2, 0.25) is 0 Å². The highest BCUT2D eigenvalue weighted by molar-refractivity contribution is 5.69. The van der Waals surface area contributed by atoms with Crippen LogP contribution in [-0.2, 0) is 23.7 Å². The lowest BCUT2D eigenvalue weighted by molar-refractivity contribution is -0.196. The molecule has 0 aromatic rings. The second-order valence-electron chi connectivity index (χ2n) is 9.20. The summed E-state index contributed by atoms with van der Waals surface area (Å²) in [6.45, 7) is 2.02. The van der Waals surface area contributed by atoms with Crippen molar-refractivity contribution in [1.29, 1.82) is 0 Å². The minimum atomic E-state index is -0.723. The Morgan fingerprint density at radius 1 is 1.00 bits per heavy atom. The molecule has 1 N–H and O–H groups in total. The first-order valence-corrected chi connectivity index (χ1v) is 11.4. The summed E-state index contributed by atoms with van der Waals surface area (Å²) in [5, 5.41) is 10.1. The number of ether oxygens (including phenoxy) is 4. The van der Waals surface area contributed by atoms with Gasteiger partial charge >= 0.3 is 5.97 Å². The monoisotopic (exact) mass is 396 g/mol. The quantitative estimate of drug-likeness (QED) is 0.347. The molecule has 5 aliphatic rings. The van der Waals surface area contributed by atoms with E-state index in [1.165, 1.54) is 0 Å². The van der Waals surface area contributed by atoms with Gasteiger partial charge in [0.25, 0.3) is 0 Å². The van der Waals surface area contributed by atoms with Crippen molar-refractivity contribution in [2.45, 2.75) is 95.2 Å². The molecule has 3 aliphatic heterocycles. The predicted molar refractivity (Wildman–Crippen MR) is 103 cm³/mol. The molecule has 0 spiro atoms. The van der Waals surface area contributed by atoms with Crippen LogP contribution in [-0.4, -0.2) is 55.5 Å². The lowest BCUT2D eigenvalue weighted by Crippen LogP contribution is -2.49. The molecule has 2 aliphatic carbocycles. The van der Waals surface area contributed by atoms with Crippen LogP contribution in [0.25, 0.3) is 0 Å². The van der Waals surface area contributed by atoms with Gasteiger partial charge in [0, 0.05) is 25.4 Å². The van der Waals surface area contributed by atoms with Crippen molar-refractivity contribution >= 4 is 5.97 Å². The summed E-state index contributed by atoms with van der Waals surface area (Å²) in [7, 11) is 0. The summed E-state index contributed by atoms with van der Waals surface area (Å²) in [6.07, 6.45) is 10.9. The van der Waals surface area contributed by atoms with Crippen molar-refractivity contribution in [1.82, 2.24) is 0 Å². The summed E-state index contributed by atoms with van der Waals surface area (Å²) in [5.74, 6) is 1.50. The fraction of sp³-hybridized carbons (Fsp3) is 0.955. The van der Waals surface area contributed by atoms with E-state index in [0.29, 0.717) is 62.1 Å². The van der Waals surface area contributed by atoms with E-state index in [1.54, 1.807) is 0 Å². The van der Waals surface area contributed by atoms with Crippen LogP contribution in [0.5, 0.6) is 0 Å². The van der Waals surface area contributed by atoms with Gasteiger partial charge in [0.1, 0.15) is 0 Å². The number of aliphatic hydroxyl groups is 1. The highest BCUT2D eigenvalue weighted by atomic mass is 16.6. The van der Waals surface area contributed by atoms with Gasteiger partial charge in [-0.1, -0.05) is 0 Å². The average molecular weight is 397 g/mol. The van der Waals surface area contributed by atoms with E-state index in [0.717, 1.165) is 64.4 Å². The SMILES string of the molecule is O=C(CCCCC(O)OCC1CCC2CC1CCO2)OCC1CCC2C[C@H]1O2. The summed E-state index contributed by atoms with van der Waals surface area (Å²) in [4.78, 5) is 11.9. The second kappa shape index (κ2) is 9.88. The Bertz CT molecular complexity index is 503. The molecular formula is C22H36O6. The van der Waals surface area contributed by atoms with Crippen LogP contribution in [0.4, 0.5) is 0 Å². The molecule has 4 bridgehead atoms. The van der Waals surface area contributed by atoms with Crippen molar-refractivity contribution in [2.24, 2.45) is 17.8 Å². The minimum absolute atomic E-state index is 0.131. The Kier molecular flexibility index (Phi) is 7.26. The van der Waals surface area contributed by atoms with Crippen LogP contribution in [0.15, 0.2) is 0 Å². The van der Waals surface area contributed by atoms with Gasteiger partial charge in [-0.3, -0.25) is 4.79 Å². The van der Waals surface area contributed by atoms with E-state index in [1.807, 2.05) is 0 Å². The van der Waals surface area contributed by atoms with E-state index in [4.69, 9.17) is 18.9 Å². The molecule has 0 aromatic carbocycles. The number of esters is 1. The topological polar surface area (TPSA) is 74.2 Å². The lowest BCUT2D eigenvalue weighted by atomic mass is 9.75. The molecule has 3 saturated heterocycles. The molecule has 3 heterocycles. The van der Waals surface area contributed by atoms with E-state index < -0.39 is 6.29 Å². The molecule has 6 nitrogen and oxygen atoms in total. The van der Waals surface area contributed by atoms with Gasteiger partial charge in [0.15, 0.2) is 6.29 Å². The molecule has 160 valence electrons. The number of unbranched alkanes of at least 4 members (excludes halogenated alkanes) is 1. The van der Waals surface area contributed by atoms with E-state index in [2.05, 4.69) is 0 Å². The number of carbonyl (C=O) groups excluding carboxylic acids is 1. The van der Waals surface area contributed by atoms with Gasteiger partial charge < -0.3 is 24.1 Å². The molecule has 6 unspecified atom stereocenters. The summed E-state index contributed by atoms with van der Waals surface area (Å²) in [5.41, 5.74) is 0. The Hall–Kier alpha value is -0.690. The van der Waals surface area contributed by atoms with Gasteiger partial charge in [-0.25, -0.2) is 0 Å². The van der Waals surface area contributed by atoms with E-state index in [9.17, 15) is 9.90 Å². The highest BCUT2D eigenvalue weighted by Gasteiger charge is 2.41. The zero-order valence-corrected chi connectivity index (χ0v) is 16.9. The molecule has 5 fully saturated rings. The van der Waals surface area contributed by atoms with Gasteiger partial charge in [-0.05, 0) is 69.6 Å². The minimum Gasteiger partial charge on any atom is -0.465 e. The summed E-state index contributed by atoms with van der Waals surface area (Å²) in [6, 6.07) is 0. The van der Waals surface area contributed by atoms with Crippen molar-refractivity contribution < 1.29 is 28.8 Å². The first-order valence-electron chi connectivity index (χ1n) is 11.4. The molecule has 5 rings (SSSR count). The van der Waals surface area contributed by atoms with Gasteiger partial charge in [0.05, 0.1) is 31.5 Å². The smallest absolute Gasteiger partial charge is 0.305 e. The molecule has 0 amide bonds. The zero-order valence-electron chi connectivity index (χ0n) is 16.9. The Morgan fingerprint density at radius 2 is 1.82 bits per heavy atom. The van der Waals surface area contributed by atoms with Gasteiger partial charge in [-0.15, -0.1) is 0 Å². The summed E-state index contributed by atoms with van der Waals surface area (Å²) >= 11 is 0. The number of rotatable bonds is 10. The third-order valence-corrected chi connectivity index (χ3v) is 7.22. The number of fused-ring (bicyclic) bond motifs is 4. The number of carbonyl (C=O) groups is 1. The van der Waals surface area contributed by atoms with Crippen molar-refractivity contribution in [3.63, 3.8) is 0 Å². The van der Waals surface area contributed by atoms with E-state index in [-0.39, 0.29) is 5.97 Å². The van der Waals surface area contributed by atoms with E-state index >= 15 is 0 Å². The van der Waals surface area contributed by atoms with Crippen molar-refractivity contribution in [2.75, 3.05) is 19.8 Å². The largest absolute Gasteiger partial charge is 0.465 e. The van der Waals surface area contributed by atoms with Crippen LogP contribution in [0, 0.1) is 17.8 Å². The van der Waals surface area contributed by atoms with Crippen LogP contribution in [0.3, 0.4) is 0 Å². The second-order valence-corrected chi connectivity index (χ2v) is 9.20. The molecule has 2 saturated carbocycles. The number of hydrogen-bond donors (Lipinski definition) is 1. The lowest BCUT2D eigenvalue weighted by Gasteiger charge is -2.46. The molecule has 28 heavy (non-hydrogen) atoms. The van der Waals surface area contributed by atoms with Crippen LogP contribution < -0.4 is 0 Å². The maximum Gasteiger partial charge on any atom is 0.305 e. The summed E-state index contributed by atoms with van der Waals surface area (Å²) < 4.78 is 22.6. The number of aliphatic hydroxyl groups excluding tert-OH is 1. The zero-order chi connectivity index (χ0) is 19.3. The Labute approximate surface area is 168 Å². The van der Waals surface area contributed by atoms with Gasteiger partial charge in [-0.2, -0.15) is 0 Å². The maximum absolute atomic E-state index is 11.9. The van der Waals surface area contributed by atoms with Crippen LogP contribution in [0.2, 0.25) is 0 Å². The van der Waals surface area contributed by atoms with Crippen LogP contribution >= 0.6 is 0 Å². The fourth-order valence-electron chi connectivity index (χ4n) is 5.33. The van der Waals surface area contributed by atoms with Crippen LogP contribution in [0.1, 0.15) is 70.6 Å². The maximum atomic E-state index is 11.9. The normalized spacial score (nSPS) is 37.8. The highest BCUT2D eigenvalue weighted by Crippen LogP contribution is 2.39. The molecule has 0 aromatic heterocycles. The van der Waals surface area contributed by atoms with Crippen molar-refractivity contribution in [3.8, 4) is 0 Å². The Balaban J connectivity index is 1.02. The standard InChI is InChI=1S/C22H36O6/c23-21(26-13-16-5-7-18-11-15(16)9-10-25-18)3-1-2-4-22(24)27-14-17-6-8-19-12-20(17)28-19/h15-21,23H,1-14H2/t15?,16?,17?,18?,19?,20-,21?/m1/s1.